The van der Waals surface area contributed by atoms with Gasteiger partial charge in [-0.1, -0.05) is 24.1 Å². The van der Waals surface area contributed by atoms with Crippen molar-refractivity contribution in [1.29, 1.82) is 0 Å². The second kappa shape index (κ2) is 6.11. The van der Waals surface area contributed by atoms with E-state index < -0.39 is 0 Å². The molecule has 1 aliphatic heterocycles. The highest BCUT2D eigenvalue weighted by Gasteiger charge is 2.32. The zero-order valence-corrected chi connectivity index (χ0v) is 13.5. The van der Waals surface area contributed by atoms with E-state index in [2.05, 4.69) is 0 Å². The van der Waals surface area contributed by atoms with Gasteiger partial charge in [0.15, 0.2) is 0 Å². The molecule has 4 nitrogen and oxygen atoms in total. The predicted molar refractivity (Wildman–Crippen MR) is 85.7 cm³/mol. The lowest BCUT2D eigenvalue weighted by molar-refractivity contribution is -0.139. The Bertz CT molecular complexity index is 585. The summed E-state index contributed by atoms with van der Waals surface area (Å²) in [5.74, 6) is 0.639. The number of carbonyl (C=O) groups excluding carboxylic acids is 2. The van der Waals surface area contributed by atoms with Crippen molar-refractivity contribution in [3.05, 3.63) is 34.9 Å². The van der Waals surface area contributed by atoms with Gasteiger partial charge >= 0.3 is 0 Å². The summed E-state index contributed by atoms with van der Waals surface area (Å²) in [6.45, 7) is 6.65. The van der Waals surface area contributed by atoms with Crippen molar-refractivity contribution in [2.24, 2.45) is 5.92 Å². The van der Waals surface area contributed by atoms with Gasteiger partial charge in [0.2, 0.25) is 5.91 Å². The van der Waals surface area contributed by atoms with Gasteiger partial charge in [0.25, 0.3) is 5.91 Å². The molecule has 0 unspecified atom stereocenters. The molecule has 1 aromatic rings. The van der Waals surface area contributed by atoms with Crippen molar-refractivity contribution in [2.75, 3.05) is 26.2 Å². The van der Waals surface area contributed by atoms with Crippen molar-refractivity contribution >= 4 is 11.8 Å². The average Bonchev–Trinajstić information content (AvgIpc) is 2.45. The van der Waals surface area contributed by atoms with Crippen LogP contribution in [0.4, 0.5) is 0 Å². The molecule has 0 atom stereocenters. The molecule has 2 amide bonds. The first-order valence-corrected chi connectivity index (χ1v) is 8.21. The van der Waals surface area contributed by atoms with Crippen LogP contribution in [-0.2, 0) is 4.79 Å². The van der Waals surface area contributed by atoms with E-state index in [9.17, 15) is 9.59 Å². The summed E-state index contributed by atoms with van der Waals surface area (Å²) in [5.41, 5.74) is 2.98. The van der Waals surface area contributed by atoms with Gasteiger partial charge in [-0.25, -0.2) is 0 Å². The molecule has 1 saturated carbocycles. The van der Waals surface area contributed by atoms with Crippen LogP contribution >= 0.6 is 0 Å². The second-order valence-corrected chi connectivity index (χ2v) is 6.56. The average molecular weight is 300 g/mol. The van der Waals surface area contributed by atoms with Gasteiger partial charge in [-0.05, 0) is 38.3 Å². The SMILES string of the molecule is Cc1ccc(C(=O)N2CCN(C(=O)C3CCC3)CC2)c(C)c1. The number of benzene rings is 1. The highest BCUT2D eigenvalue weighted by atomic mass is 16.2. The summed E-state index contributed by atoms with van der Waals surface area (Å²) in [7, 11) is 0. The molecule has 1 heterocycles. The minimum Gasteiger partial charge on any atom is -0.339 e. The molecule has 1 aromatic carbocycles. The number of aryl methyl sites for hydroxylation is 2. The Hall–Kier alpha value is -1.84. The van der Waals surface area contributed by atoms with Crippen LogP contribution in [0.15, 0.2) is 18.2 Å². The molecule has 2 aliphatic rings. The third kappa shape index (κ3) is 2.87. The van der Waals surface area contributed by atoms with Gasteiger partial charge in [-0.3, -0.25) is 9.59 Å². The normalized spacial score (nSPS) is 19.0. The largest absolute Gasteiger partial charge is 0.339 e. The smallest absolute Gasteiger partial charge is 0.254 e. The highest BCUT2D eigenvalue weighted by Crippen LogP contribution is 2.28. The van der Waals surface area contributed by atoms with Crippen LogP contribution in [0.5, 0.6) is 0 Å². The number of amides is 2. The standard InChI is InChI=1S/C18H24N2O2/c1-13-6-7-16(14(2)12-13)18(22)20-10-8-19(9-11-20)17(21)15-4-3-5-15/h6-7,12,15H,3-5,8-11H2,1-2H3. The van der Waals surface area contributed by atoms with Crippen LogP contribution in [0.3, 0.4) is 0 Å². The fourth-order valence-electron chi connectivity index (χ4n) is 3.27. The molecule has 0 aromatic heterocycles. The number of hydrogen-bond donors (Lipinski definition) is 0. The van der Waals surface area contributed by atoms with Gasteiger partial charge in [-0.15, -0.1) is 0 Å². The Kier molecular flexibility index (Phi) is 4.19. The van der Waals surface area contributed by atoms with Crippen molar-refractivity contribution in [3.8, 4) is 0 Å². The lowest BCUT2D eigenvalue weighted by atomic mass is 9.84. The van der Waals surface area contributed by atoms with E-state index in [1.165, 1.54) is 12.0 Å². The zero-order valence-electron chi connectivity index (χ0n) is 13.5. The monoisotopic (exact) mass is 300 g/mol. The number of piperazine rings is 1. The van der Waals surface area contributed by atoms with Crippen LogP contribution in [0.25, 0.3) is 0 Å². The summed E-state index contributed by atoms with van der Waals surface area (Å²) in [4.78, 5) is 28.7. The molecule has 4 heteroatoms. The van der Waals surface area contributed by atoms with E-state index in [0.717, 1.165) is 24.0 Å². The second-order valence-electron chi connectivity index (χ2n) is 6.56. The van der Waals surface area contributed by atoms with Crippen molar-refractivity contribution in [3.63, 3.8) is 0 Å². The molecule has 118 valence electrons. The van der Waals surface area contributed by atoms with Gasteiger partial charge in [0.1, 0.15) is 0 Å². The number of nitrogens with zero attached hydrogens (tertiary/aromatic N) is 2. The van der Waals surface area contributed by atoms with Gasteiger partial charge in [0.05, 0.1) is 0 Å². The van der Waals surface area contributed by atoms with Crippen molar-refractivity contribution in [1.82, 2.24) is 9.80 Å². The Morgan fingerprint density at radius 3 is 2.18 bits per heavy atom. The Morgan fingerprint density at radius 1 is 1.00 bits per heavy atom. The van der Waals surface area contributed by atoms with Gasteiger partial charge < -0.3 is 9.80 Å². The number of carbonyl (C=O) groups is 2. The maximum Gasteiger partial charge on any atom is 0.254 e. The minimum absolute atomic E-state index is 0.0910. The summed E-state index contributed by atoms with van der Waals surface area (Å²) < 4.78 is 0. The summed E-state index contributed by atoms with van der Waals surface area (Å²) >= 11 is 0. The van der Waals surface area contributed by atoms with Gasteiger partial charge in [0, 0.05) is 37.7 Å². The van der Waals surface area contributed by atoms with Gasteiger partial charge in [-0.2, -0.15) is 0 Å². The van der Waals surface area contributed by atoms with Crippen LogP contribution < -0.4 is 0 Å². The number of rotatable bonds is 2. The first-order chi connectivity index (χ1) is 10.6. The molecule has 1 saturated heterocycles. The van der Waals surface area contributed by atoms with Crippen LogP contribution in [0.2, 0.25) is 0 Å². The molecule has 22 heavy (non-hydrogen) atoms. The van der Waals surface area contributed by atoms with Crippen molar-refractivity contribution in [2.45, 2.75) is 33.1 Å². The minimum atomic E-state index is 0.0910. The molecule has 2 fully saturated rings. The van der Waals surface area contributed by atoms with Crippen LogP contribution in [-0.4, -0.2) is 47.8 Å². The van der Waals surface area contributed by atoms with E-state index in [1.54, 1.807) is 0 Å². The maximum absolute atomic E-state index is 12.6. The fourth-order valence-corrected chi connectivity index (χ4v) is 3.27. The molecule has 0 N–H and O–H groups in total. The fraction of sp³-hybridized carbons (Fsp3) is 0.556. The topological polar surface area (TPSA) is 40.6 Å². The molecule has 0 bridgehead atoms. The van der Waals surface area contributed by atoms with E-state index in [4.69, 9.17) is 0 Å². The summed E-state index contributed by atoms with van der Waals surface area (Å²) in [6.07, 6.45) is 3.27. The summed E-state index contributed by atoms with van der Waals surface area (Å²) in [6, 6.07) is 5.94. The van der Waals surface area contributed by atoms with Crippen LogP contribution in [0, 0.1) is 19.8 Å². The predicted octanol–water partition coefficient (Wildman–Crippen LogP) is 2.39. The van der Waals surface area contributed by atoms with E-state index in [-0.39, 0.29) is 11.8 Å². The molecular weight excluding hydrogens is 276 g/mol. The molecule has 0 radical (unpaired) electrons. The Labute approximate surface area is 132 Å². The molecular formula is C18H24N2O2. The molecule has 3 rings (SSSR count). The lowest BCUT2D eigenvalue weighted by Gasteiger charge is -2.38. The number of hydrogen-bond acceptors (Lipinski definition) is 2. The molecule has 0 spiro atoms. The molecule has 1 aliphatic carbocycles. The summed E-state index contributed by atoms with van der Waals surface area (Å²) in [5, 5.41) is 0. The quantitative estimate of drug-likeness (QED) is 0.841. The van der Waals surface area contributed by atoms with E-state index >= 15 is 0 Å². The lowest BCUT2D eigenvalue weighted by Crippen LogP contribution is -2.52. The van der Waals surface area contributed by atoms with E-state index in [0.29, 0.717) is 32.1 Å². The Balaban J connectivity index is 1.60. The van der Waals surface area contributed by atoms with Crippen LogP contribution in [0.1, 0.15) is 40.7 Å². The third-order valence-electron chi connectivity index (χ3n) is 4.95. The highest BCUT2D eigenvalue weighted by molar-refractivity contribution is 5.96. The van der Waals surface area contributed by atoms with E-state index in [1.807, 2.05) is 41.8 Å². The zero-order chi connectivity index (χ0) is 15.7. The Morgan fingerprint density at radius 2 is 1.64 bits per heavy atom. The first kappa shape index (κ1) is 15.1. The third-order valence-corrected chi connectivity index (χ3v) is 4.95. The maximum atomic E-state index is 12.6. The van der Waals surface area contributed by atoms with Crippen molar-refractivity contribution < 1.29 is 9.59 Å². The first-order valence-electron chi connectivity index (χ1n) is 8.21.